The quantitative estimate of drug-likeness (QED) is 0.471. The number of carbonyl (C=O) groups excluding carboxylic acids is 5. The number of carbonyl (C=O) groups is 5. The summed E-state index contributed by atoms with van der Waals surface area (Å²) in [7, 11) is 0. The molecule has 0 heterocycles. The van der Waals surface area contributed by atoms with Crippen molar-refractivity contribution in [3.05, 3.63) is 16.7 Å². The zero-order valence-electron chi connectivity index (χ0n) is 17.7. The van der Waals surface area contributed by atoms with Crippen LogP contribution < -0.4 is 0 Å². The minimum atomic E-state index is -1.61. The van der Waals surface area contributed by atoms with Crippen molar-refractivity contribution in [2.75, 3.05) is 0 Å². The number of benzene rings is 1. The van der Waals surface area contributed by atoms with E-state index in [0.717, 1.165) is 6.92 Å². The molecule has 8 heteroatoms. The van der Waals surface area contributed by atoms with Crippen LogP contribution in [0.1, 0.15) is 62.0 Å². The van der Waals surface area contributed by atoms with Crippen LogP contribution in [-0.4, -0.2) is 44.2 Å². The maximum Gasteiger partial charge on any atom is 0.170 e. The molecule has 1 aromatic carbocycles. The molecule has 8 nitrogen and oxygen atoms in total. The predicted octanol–water partition coefficient (Wildman–Crippen LogP) is 2.21. The highest BCUT2D eigenvalue weighted by Gasteiger charge is 2.55. The Kier molecular flexibility index (Phi) is 6.21. The van der Waals surface area contributed by atoms with Crippen molar-refractivity contribution in [3.63, 3.8) is 0 Å². The first kappa shape index (κ1) is 23.3. The van der Waals surface area contributed by atoms with Gasteiger partial charge >= 0.3 is 0 Å². The van der Waals surface area contributed by atoms with E-state index in [1.807, 2.05) is 0 Å². The minimum absolute atomic E-state index is 0.0278. The summed E-state index contributed by atoms with van der Waals surface area (Å²) in [6.45, 7) is 6.80. The molecule has 1 fully saturated rings. The third-order valence-corrected chi connectivity index (χ3v) is 5.77. The van der Waals surface area contributed by atoms with Crippen LogP contribution in [-0.2, 0) is 25.6 Å². The van der Waals surface area contributed by atoms with E-state index in [2.05, 4.69) is 0 Å². The summed E-state index contributed by atoms with van der Waals surface area (Å²) in [6, 6.07) is 0. The van der Waals surface area contributed by atoms with E-state index >= 15 is 0 Å². The summed E-state index contributed by atoms with van der Waals surface area (Å²) < 4.78 is 0. The molecule has 0 aliphatic heterocycles. The molecule has 0 aromatic heterocycles. The second-order valence-corrected chi connectivity index (χ2v) is 8.25. The molecular weight excluding hydrogens is 392 g/mol. The first-order valence-corrected chi connectivity index (χ1v) is 9.71. The zero-order chi connectivity index (χ0) is 23.1. The Morgan fingerprint density at radius 2 is 1.53 bits per heavy atom. The van der Waals surface area contributed by atoms with Gasteiger partial charge in [0.1, 0.15) is 34.5 Å². The molecule has 0 radical (unpaired) electrons. The van der Waals surface area contributed by atoms with Crippen LogP contribution in [0.15, 0.2) is 0 Å². The number of phenolic OH excluding ortho intramolecular Hbond substituents is 3. The van der Waals surface area contributed by atoms with Crippen molar-refractivity contribution in [3.8, 4) is 17.2 Å². The highest BCUT2D eigenvalue weighted by atomic mass is 16.3. The van der Waals surface area contributed by atoms with Crippen LogP contribution in [0.4, 0.5) is 0 Å². The number of Topliss-reactive ketones (excluding diaryl/α,β-unsaturated/α-hetero) is 5. The molecule has 1 aliphatic carbocycles. The van der Waals surface area contributed by atoms with E-state index in [0.29, 0.717) is 6.42 Å². The van der Waals surface area contributed by atoms with Gasteiger partial charge in [-0.05, 0) is 40.5 Å². The predicted molar refractivity (Wildman–Crippen MR) is 106 cm³/mol. The Labute approximate surface area is 173 Å². The van der Waals surface area contributed by atoms with Crippen molar-refractivity contribution in [2.24, 2.45) is 17.3 Å². The van der Waals surface area contributed by atoms with E-state index in [1.54, 1.807) is 6.92 Å². The van der Waals surface area contributed by atoms with Crippen molar-refractivity contribution in [1.29, 1.82) is 0 Å². The SMILES string of the molecule is CCCC(=O)c1c(O)c(C)c(O)c(CC2C(=O)C(C(C)=O)C(=O)C(C)(C)C2=O)c1O. The van der Waals surface area contributed by atoms with Gasteiger partial charge in [0.2, 0.25) is 0 Å². The van der Waals surface area contributed by atoms with Gasteiger partial charge in [0.15, 0.2) is 23.1 Å². The summed E-state index contributed by atoms with van der Waals surface area (Å²) in [5, 5.41) is 31.4. The maximum atomic E-state index is 12.9. The zero-order valence-corrected chi connectivity index (χ0v) is 17.7. The molecule has 0 bridgehead atoms. The summed E-state index contributed by atoms with van der Waals surface area (Å²) >= 11 is 0. The summed E-state index contributed by atoms with van der Waals surface area (Å²) in [5.41, 5.74) is -2.34. The van der Waals surface area contributed by atoms with E-state index in [4.69, 9.17) is 0 Å². The molecule has 1 aromatic rings. The van der Waals surface area contributed by atoms with Crippen molar-refractivity contribution >= 4 is 28.9 Å². The van der Waals surface area contributed by atoms with Crippen LogP contribution >= 0.6 is 0 Å². The van der Waals surface area contributed by atoms with Gasteiger partial charge in [0.25, 0.3) is 0 Å². The lowest BCUT2D eigenvalue weighted by Crippen LogP contribution is -2.55. The Morgan fingerprint density at radius 1 is 0.967 bits per heavy atom. The van der Waals surface area contributed by atoms with Gasteiger partial charge in [0, 0.05) is 17.5 Å². The molecule has 2 atom stereocenters. The molecule has 3 N–H and O–H groups in total. The monoisotopic (exact) mass is 418 g/mol. The lowest BCUT2D eigenvalue weighted by atomic mass is 9.62. The fourth-order valence-corrected chi connectivity index (χ4v) is 3.87. The number of hydrogen-bond donors (Lipinski definition) is 3. The Bertz CT molecular complexity index is 970. The van der Waals surface area contributed by atoms with E-state index in [-0.39, 0.29) is 17.5 Å². The third-order valence-electron chi connectivity index (χ3n) is 5.77. The first-order valence-electron chi connectivity index (χ1n) is 9.71. The van der Waals surface area contributed by atoms with E-state index < -0.39 is 75.4 Å². The van der Waals surface area contributed by atoms with Gasteiger partial charge in [-0.1, -0.05) is 6.92 Å². The molecule has 2 unspecified atom stereocenters. The average Bonchev–Trinajstić information content (AvgIpc) is 2.65. The molecule has 1 aliphatic rings. The van der Waals surface area contributed by atoms with Crippen LogP contribution in [0.2, 0.25) is 0 Å². The summed E-state index contributed by atoms with van der Waals surface area (Å²) in [6.07, 6.45) is -0.0352. The average molecular weight is 418 g/mol. The van der Waals surface area contributed by atoms with Gasteiger partial charge in [-0.25, -0.2) is 0 Å². The number of aromatic hydroxyl groups is 3. The Balaban J connectivity index is 2.64. The van der Waals surface area contributed by atoms with Crippen LogP contribution in [0, 0.1) is 24.2 Å². The lowest BCUT2D eigenvalue weighted by molar-refractivity contribution is -0.156. The molecule has 1 saturated carbocycles. The number of phenols is 3. The molecule has 0 amide bonds. The molecular formula is C22H26O8. The van der Waals surface area contributed by atoms with E-state index in [1.165, 1.54) is 20.8 Å². The van der Waals surface area contributed by atoms with Crippen molar-refractivity contribution < 1.29 is 39.3 Å². The van der Waals surface area contributed by atoms with Gasteiger partial charge in [-0.15, -0.1) is 0 Å². The first-order chi connectivity index (χ1) is 13.8. The highest BCUT2D eigenvalue weighted by molar-refractivity contribution is 6.33. The molecule has 30 heavy (non-hydrogen) atoms. The van der Waals surface area contributed by atoms with Crippen molar-refractivity contribution in [1.82, 2.24) is 0 Å². The molecule has 0 saturated heterocycles. The largest absolute Gasteiger partial charge is 0.507 e. The van der Waals surface area contributed by atoms with E-state index in [9.17, 15) is 39.3 Å². The number of rotatable bonds is 6. The Morgan fingerprint density at radius 3 is 2.03 bits per heavy atom. The van der Waals surface area contributed by atoms with Gasteiger partial charge < -0.3 is 15.3 Å². The topological polar surface area (TPSA) is 146 Å². The third kappa shape index (κ3) is 3.51. The number of hydrogen-bond acceptors (Lipinski definition) is 8. The number of ketones is 5. The molecule has 162 valence electrons. The second-order valence-electron chi connectivity index (χ2n) is 8.25. The Hall–Kier alpha value is -3.03. The summed E-state index contributed by atoms with van der Waals surface area (Å²) in [5.74, 6) is -8.60. The highest BCUT2D eigenvalue weighted by Crippen LogP contribution is 2.45. The maximum absolute atomic E-state index is 12.9. The smallest absolute Gasteiger partial charge is 0.170 e. The van der Waals surface area contributed by atoms with Gasteiger partial charge in [0.05, 0.1) is 11.3 Å². The fraction of sp³-hybridized carbons (Fsp3) is 0.500. The summed E-state index contributed by atoms with van der Waals surface area (Å²) in [4.78, 5) is 62.6. The normalized spacial score (nSPS) is 21.0. The lowest BCUT2D eigenvalue weighted by Gasteiger charge is -2.35. The van der Waals surface area contributed by atoms with Crippen LogP contribution in [0.5, 0.6) is 17.2 Å². The van der Waals surface area contributed by atoms with Crippen LogP contribution in [0.25, 0.3) is 0 Å². The standard InChI is InChI=1S/C22H26O8/c1-6-7-13(24)15-17(26)9(2)16(25)11(18(15)27)8-12-19(28)14(10(3)23)21(30)22(4,5)20(12)29/h12,14,25-27H,6-8H2,1-5H3. The fourth-order valence-electron chi connectivity index (χ4n) is 3.87. The van der Waals surface area contributed by atoms with Gasteiger partial charge in [-0.2, -0.15) is 0 Å². The molecule has 0 spiro atoms. The molecule has 2 rings (SSSR count). The van der Waals surface area contributed by atoms with Gasteiger partial charge in [-0.3, -0.25) is 24.0 Å². The van der Waals surface area contributed by atoms with Crippen LogP contribution in [0.3, 0.4) is 0 Å². The minimum Gasteiger partial charge on any atom is -0.507 e. The van der Waals surface area contributed by atoms with Crippen molar-refractivity contribution in [2.45, 2.75) is 53.9 Å². The second kappa shape index (κ2) is 8.01.